The second-order valence-corrected chi connectivity index (χ2v) is 4.78. The molecule has 3 rings (SSSR count). The molecule has 1 unspecified atom stereocenters. The number of fused-ring (bicyclic) bond motifs is 1. The lowest BCUT2D eigenvalue weighted by Gasteiger charge is -2.09. The van der Waals surface area contributed by atoms with Crippen molar-refractivity contribution < 1.29 is 0 Å². The molecule has 0 aliphatic carbocycles. The summed E-state index contributed by atoms with van der Waals surface area (Å²) in [5.74, 6) is 0.981. The van der Waals surface area contributed by atoms with Crippen molar-refractivity contribution in [1.29, 1.82) is 0 Å². The zero-order chi connectivity index (χ0) is 11.0. The predicted molar refractivity (Wildman–Crippen MR) is 60.4 cm³/mol. The average molecular weight is 222 g/mol. The topological polar surface area (TPSA) is 51.9 Å². The molecule has 0 bridgehead atoms. The molecule has 1 aromatic heterocycles. The molecule has 1 atom stereocenters. The Kier molecular flexibility index (Phi) is 2.55. The minimum absolute atomic E-state index is 0.0865. The summed E-state index contributed by atoms with van der Waals surface area (Å²) in [5, 5.41) is 7.84. The molecule has 1 saturated heterocycles. The molecule has 1 aromatic rings. The van der Waals surface area contributed by atoms with Gasteiger partial charge < -0.3 is 5.32 Å². The standard InChI is InChI=1S/C11H18N4O/c16-11-14-7-2-1-5-10(14)13-15(11)8-9-4-3-6-12-9/h9,12H,1-8H2. The van der Waals surface area contributed by atoms with Gasteiger partial charge in [-0.2, -0.15) is 5.10 Å². The molecular weight excluding hydrogens is 204 g/mol. The monoisotopic (exact) mass is 222 g/mol. The minimum Gasteiger partial charge on any atom is -0.312 e. The summed E-state index contributed by atoms with van der Waals surface area (Å²) < 4.78 is 3.50. The van der Waals surface area contributed by atoms with Gasteiger partial charge in [0.1, 0.15) is 5.82 Å². The van der Waals surface area contributed by atoms with Crippen molar-refractivity contribution in [3.05, 3.63) is 16.3 Å². The van der Waals surface area contributed by atoms with Crippen molar-refractivity contribution in [3.8, 4) is 0 Å². The van der Waals surface area contributed by atoms with E-state index in [0.717, 1.165) is 51.1 Å². The van der Waals surface area contributed by atoms with Crippen LogP contribution in [0.25, 0.3) is 0 Å². The number of rotatable bonds is 2. The highest BCUT2D eigenvalue weighted by Gasteiger charge is 2.20. The van der Waals surface area contributed by atoms with E-state index in [9.17, 15) is 4.79 Å². The van der Waals surface area contributed by atoms with Crippen LogP contribution in [0.5, 0.6) is 0 Å². The molecule has 0 saturated carbocycles. The molecule has 88 valence electrons. The number of nitrogens with zero attached hydrogens (tertiary/aromatic N) is 3. The molecule has 5 nitrogen and oxygen atoms in total. The van der Waals surface area contributed by atoms with Crippen LogP contribution in [0.15, 0.2) is 4.79 Å². The van der Waals surface area contributed by atoms with Crippen molar-refractivity contribution in [2.24, 2.45) is 0 Å². The highest BCUT2D eigenvalue weighted by molar-refractivity contribution is 4.92. The Morgan fingerprint density at radius 3 is 3.06 bits per heavy atom. The summed E-state index contributed by atoms with van der Waals surface area (Å²) >= 11 is 0. The lowest BCUT2D eigenvalue weighted by molar-refractivity contribution is 0.460. The largest absolute Gasteiger partial charge is 0.345 e. The van der Waals surface area contributed by atoms with Crippen LogP contribution in [0.2, 0.25) is 0 Å². The SMILES string of the molecule is O=c1n(CC2CCCN2)nc2n1CCCC2. The van der Waals surface area contributed by atoms with Gasteiger partial charge in [0.15, 0.2) is 0 Å². The number of hydrogen-bond acceptors (Lipinski definition) is 3. The molecule has 3 heterocycles. The van der Waals surface area contributed by atoms with E-state index in [0.29, 0.717) is 6.04 Å². The van der Waals surface area contributed by atoms with E-state index in [4.69, 9.17) is 0 Å². The third-order valence-electron chi connectivity index (χ3n) is 3.59. The number of hydrogen-bond donors (Lipinski definition) is 1. The van der Waals surface area contributed by atoms with Gasteiger partial charge in [-0.05, 0) is 32.2 Å². The number of aryl methyl sites for hydroxylation is 1. The summed E-state index contributed by atoms with van der Waals surface area (Å²) in [7, 11) is 0. The van der Waals surface area contributed by atoms with Crippen LogP contribution >= 0.6 is 0 Å². The van der Waals surface area contributed by atoms with Crippen LogP contribution in [-0.2, 0) is 19.5 Å². The van der Waals surface area contributed by atoms with Crippen LogP contribution in [0.4, 0.5) is 0 Å². The Hall–Kier alpha value is -1.10. The molecule has 0 amide bonds. The maximum atomic E-state index is 12.0. The Balaban J connectivity index is 1.84. The molecule has 2 aliphatic heterocycles. The molecule has 0 radical (unpaired) electrons. The average Bonchev–Trinajstić information content (AvgIpc) is 2.90. The normalized spacial score (nSPS) is 24.6. The van der Waals surface area contributed by atoms with E-state index in [-0.39, 0.29) is 5.69 Å². The van der Waals surface area contributed by atoms with Crippen LogP contribution in [-0.4, -0.2) is 26.9 Å². The fraction of sp³-hybridized carbons (Fsp3) is 0.818. The number of nitrogens with one attached hydrogen (secondary N) is 1. The lowest BCUT2D eigenvalue weighted by Crippen LogP contribution is -2.34. The minimum atomic E-state index is 0.0865. The molecular formula is C11H18N4O. The summed E-state index contributed by atoms with van der Waals surface area (Å²) in [6, 6.07) is 0.439. The van der Waals surface area contributed by atoms with E-state index >= 15 is 0 Å². The van der Waals surface area contributed by atoms with Gasteiger partial charge in [0.2, 0.25) is 0 Å². The van der Waals surface area contributed by atoms with Crippen LogP contribution in [0, 0.1) is 0 Å². The number of aromatic nitrogens is 3. The first-order chi connectivity index (χ1) is 7.84. The fourth-order valence-corrected chi connectivity index (χ4v) is 2.69. The maximum absolute atomic E-state index is 12.0. The van der Waals surface area contributed by atoms with E-state index in [1.807, 2.05) is 4.57 Å². The molecule has 16 heavy (non-hydrogen) atoms. The molecule has 0 aromatic carbocycles. The Morgan fingerprint density at radius 1 is 1.38 bits per heavy atom. The summed E-state index contributed by atoms with van der Waals surface area (Å²) in [6.45, 7) is 2.66. The lowest BCUT2D eigenvalue weighted by atomic mass is 10.2. The molecule has 0 spiro atoms. The van der Waals surface area contributed by atoms with E-state index < -0.39 is 0 Å². The zero-order valence-corrected chi connectivity index (χ0v) is 9.48. The van der Waals surface area contributed by atoms with Gasteiger partial charge in [0, 0.05) is 19.0 Å². The van der Waals surface area contributed by atoms with E-state index in [1.54, 1.807) is 4.68 Å². The van der Waals surface area contributed by atoms with Crippen molar-refractivity contribution >= 4 is 0 Å². The van der Waals surface area contributed by atoms with Gasteiger partial charge >= 0.3 is 5.69 Å². The van der Waals surface area contributed by atoms with E-state index in [1.165, 1.54) is 6.42 Å². The Labute approximate surface area is 94.5 Å². The van der Waals surface area contributed by atoms with Gasteiger partial charge in [-0.15, -0.1) is 0 Å². The Bertz CT molecular complexity index is 428. The first kappa shape index (κ1) is 10.1. The highest BCUT2D eigenvalue weighted by Crippen LogP contribution is 2.11. The van der Waals surface area contributed by atoms with Crippen molar-refractivity contribution in [2.75, 3.05) is 6.54 Å². The van der Waals surface area contributed by atoms with Crippen molar-refractivity contribution in [1.82, 2.24) is 19.7 Å². The van der Waals surface area contributed by atoms with Gasteiger partial charge in [0.25, 0.3) is 0 Å². The first-order valence-corrected chi connectivity index (χ1v) is 6.24. The molecule has 1 N–H and O–H groups in total. The highest BCUT2D eigenvalue weighted by atomic mass is 16.2. The molecule has 5 heteroatoms. The third-order valence-corrected chi connectivity index (χ3v) is 3.59. The van der Waals surface area contributed by atoms with Gasteiger partial charge in [-0.1, -0.05) is 0 Å². The summed E-state index contributed by atoms with van der Waals surface area (Å²) in [6.07, 6.45) is 5.61. The van der Waals surface area contributed by atoms with Crippen molar-refractivity contribution in [2.45, 2.75) is 51.2 Å². The second-order valence-electron chi connectivity index (χ2n) is 4.78. The van der Waals surface area contributed by atoms with E-state index in [2.05, 4.69) is 10.4 Å². The van der Waals surface area contributed by atoms with Crippen LogP contribution in [0.3, 0.4) is 0 Å². The van der Waals surface area contributed by atoms with Gasteiger partial charge in [0.05, 0.1) is 6.54 Å². The molecule has 1 fully saturated rings. The third kappa shape index (κ3) is 1.69. The van der Waals surface area contributed by atoms with Crippen molar-refractivity contribution in [3.63, 3.8) is 0 Å². The smallest absolute Gasteiger partial charge is 0.312 e. The second kappa shape index (κ2) is 4.05. The fourth-order valence-electron chi connectivity index (χ4n) is 2.69. The predicted octanol–water partition coefficient (Wildman–Crippen LogP) is 0.133. The van der Waals surface area contributed by atoms with Gasteiger partial charge in [-0.3, -0.25) is 4.57 Å². The summed E-state index contributed by atoms with van der Waals surface area (Å²) in [4.78, 5) is 12.0. The molecule has 2 aliphatic rings. The maximum Gasteiger partial charge on any atom is 0.345 e. The van der Waals surface area contributed by atoms with Gasteiger partial charge in [-0.25, -0.2) is 9.48 Å². The summed E-state index contributed by atoms with van der Waals surface area (Å²) in [5.41, 5.74) is 0.0865. The zero-order valence-electron chi connectivity index (χ0n) is 9.48. The van der Waals surface area contributed by atoms with Crippen LogP contribution < -0.4 is 11.0 Å². The first-order valence-electron chi connectivity index (χ1n) is 6.24. The quantitative estimate of drug-likeness (QED) is 0.774. The van der Waals surface area contributed by atoms with Crippen LogP contribution in [0.1, 0.15) is 31.5 Å². The Morgan fingerprint density at radius 2 is 2.31 bits per heavy atom.